The second-order valence-corrected chi connectivity index (χ2v) is 5.88. The van der Waals surface area contributed by atoms with Crippen LogP contribution in [0.4, 0.5) is 5.69 Å². The molecule has 2 bridgehead atoms. The van der Waals surface area contributed by atoms with Gasteiger partial charge in [-0.15, -0.1) is 0 Å². The Balaban J connectivity index is 1.78. The van der Waals surface area contributed by atoms with Gasteiger partial charge < -0.3 is 4.90 Å². The molecule has 2 aliphatic rings. The molecule has 2 saturated heterocycles. The van der Waals surface area contributed by atoms with E-state index >= 15 is 0 Å². The van der Waals surface area contributed by atoms with Crippen LogP contribution in [0.3, 0.4) is 0 Å². The molecule has 0 aliphatic carbocycles. The molecule has 0 aromatic heterocycles. The van der Waals surface area contributed by atoms with Crippen LogP contribution < -0.4 is 4.90 Å². The largest absolute Gasteiger partial charge is 0.366 e. The zero-order valence-electron chi connectivity index (χ0n) is 11.1. The third-order valence-corrected chi connectivity index (χ3v) is 4.41. The lowest BCUT2D eigenvalue weighted by atomic mass is 10.0. The minimum atomic E-state index is 0.630. The molecule has 2 aliphatic heterocycles. The smallest absolute Gasteiger partial charge is 0.0433 e. The summed E-state index contributed by atoms with van der Waals surface area (Å²) >= 11 is 0. The van der Waals surface area contributed by atoms with Crippen LogP contribution in [0.5, 0.6) is 0 Å². The van der Waals surface area contributed by atoms with E-state index < -0.39 is 0 Å². The summed E-state index contributed by atoms with van der Waals surface area (Å²) in [6.45, 7) is 6.95. The summed E-state index contributed by atoms with van der Waals surface area (Å²) in [5, 5.41) is 0. The fourth-order valence-corrected chi connectivity index (χ4v) is 3.23. The van der Waals surface area contributed by atoms with Crippen molar-refractivity contribution in [2.75, 3.05) is 25.0 Å². The summed E-state index contributed by atoms with van der Waals surface area (Å²) in [5.41, 5.74) is 2.85. The zero-order chi connectivity index (χ0) is 12.0. The van der Waals surface area contributed by atoms with Gasteiger partial charge in [0.1, 0.15) is 0 Å². The van der Waals surface area contributed by atoms with Crippen LogP contribution in [-0.2, 0) is 0 Å². The van der Waals surface area contributed by atoms with Crippen LogP contribution in [0.1, 0.15) is 31.7 Å². The molecular formula is C15H22N2. The minimum Gasteiger partial charge on any atom is -0.366 e. The van der Waals surface area contributed by atoms with Crippen molar-refractivity contribution in [3.63, 3.8) is 0 Å². The summed E-state index contributed by atoms with van der Waals surface area (Å²) in [5.74, 6) is 0.630. The van der Waals surface area contributed by atoms with Gasteiger partial charge in [0.05, 0.1) is 0 Å². The second kappa shape index (κ2) is 4.02. The Kier molecular flexibility index (Phi) is 2.62. The highest BCUT2D eigenvalue weighted by Crippen LogP contribution is 2.33. The number of nitrogens with zero attached hydrogens (tertiary/aromatic N) is 2. The number of piperazine rings is 1. The van der Waals surface area contributed by atoms with Gasteiger partial charge in [-0.2, -0.15) is 0 Å². The highest BCUT2D eigenvalue weighted by molar-refractivity contribution is 5.51. The predicted molar refractivity (Wildman–Crippen MR) is 72.7 cm³/mol. The average Bonchev–Trinajstić information content (AvgIpc) is 2.87. The molecule has 2 nitrogen and oxygen atoms in total. The minimum absolute atomic E-state index is 0.630. The van der Waals surface area contributed by atoms with Gasteiger partial charge in [-0.3, -0.25) is 4.90 Å². The normalized spacial score (nSPS) is 28.4. The number of likely N-dealkylation sites (tertiary alicyclic amines) is 1. The first-order valence-corrected chi connectivity index (χ1v) is 6.72. The SMILES string of the molecule is CC(C)c1ccc(N2CC3CC2CN3C)cc1. The van der Waals surface area contributed by atoms with Gasteiger partial charge in [0.25, 0.3) is 0 Å². The molecule has 2 fully saturated rings. The Morgan fingerprint density at radius 2 is 1.76 bits per heavy atom. The molecule has 1 aromatic carbocycles. The van der Waals surface area contributed by atoms with E-state index in [2.05, 4.69) is 55.0 Å². The van der Waals surface area contributed by atoms with E-state index in [1.165, 1.54) is 30.8 Å². The van der Waals surface area contributed by atoms with Crippen molar-refractivity contribution >= 4 is 5.69 Å². The summed E-state index contributed by atoms with van der Waals surface area (Å²) in [6, 6.07) is 10.7. The molecule has 17 heavy (non-hydrogen) atoms. The third-order valence-electron chi connectivity index (χ3n) is 4.41. The molecule has 0 saturated carbocycles. The summed E-state index contributed by atoms with van der Waals surface area (Å²) < 4.78 is 0. The van der Waals surface area contributed by atoms with Crippen LogP contribution in [-0.4, -0.2) is 37.1 Å². The van der Waals surface area contributed by atoms with Crippen molar-refractivity contribution in [2.24, 2.45) is 0 Å². The Hall–Kier alpha value is -1.02. The van der Waals surface area contributed by atoms with Gasteiger partial charge in [-0.25, -0.2) is 0 Å². The van der Waals surface area contributed by atoms with E-state index in [1.807, 2.05) is 0 Å². The highest BCUT2D eigenvalue weighted by atomic mass is 15.3. The molecule has 0 N–H and O–H groups in total. The first-order chi connectivity index (χ1) is 8.15. The fourth-order valence-electron chi connectivity index (χ4n) is 3.23. The first kappa shape index (κ1) is 11.1. The summed E-state index contributed by atoms with van der Waals surface area (Å²) in [7, 11) is 2.25. The lowest BCUT2D eigenvalue weighted by Crippen LogP contribution is -2.44. The van der Waals surface area contributed by atoms with E-state index in [4.69, 9.17) is 0 Å². The highest BCUT2D eigenvalue weighted by Gasteiger charge is 2.41. The van der Waals surface area contributed by atoms with Crippen LogP contribution >= 0.6 is 0 Å². The van der Waals surface area contributed by atoms with Crippen LogP contribution in [0.15, 0.2) is 24.3 Å². The molecule has 2 heterocycles. The number of benzene rings is 1. The summed E-state index contributed by atoms with van der Waals surface area (Å²) in [6.07, 6.45) is 1.35. The molecule has 0 spiro atoms. The number of fused-ring (bicyclic) bond motifs is 2. The number of likely N-dealkylation sites (N-methyl/N-ethyl adjacent to an activating group) is 1. The maximum absolute atomic E-state index is 2.59. The van der Waals surface area contributed by atoms with Gasteiger partial charge in [0, 0.05) is 30.9 Å². The standard InChI is InChI=1S/C15H22N2/c1-11(2)12-4-6-13(7-5-12)17-10-14-8-15(17)9-16(14)3/h4-7,11,14-15H,8-10H2,1-3H3. The molecule has 92 valence electrons. The van der Waals surface area contributed by atoms with E-state index in [0.717, 1.165) is 12.1 Å². The Morgan fingerprint density at radius 1 is 1.06 bits per heavy atom. The van der Waals surface area contributed by atoms with E-state index in [-0.39, 0.29) is 0 Å². The number of anilines is 1. The molecule has 2 unspecified atom stereocenters. The van der Waals surface area contributed by atoms with Crippen molar-refractivity contribution in [1.82, 2.24) is 4.90 Å². The van der Waals surface area contributed by atoms with Crippen molar-refractivity contribution in [1.29, 1.82) is 0 Å². The topological polar surface area (TPSA) is 6.48 Å². The number of hydrogen-bond donors (Lipinski definition) is 0. The maximum Gasteiger partial charge on any atom is 0.0433 e. The van der Waals surface area contributed by atoms with Gasteiger partial charge in [-0.05, 0) is 37.1 Å². The monoisotopic (exact) mass is 230 g/mol. The summed E-state index contributed by atoms with van der Waals surface area (Å²) in [4.78, 5) is 5.10. The lowest BCUT2D eigenvalue weighted by molar-refractivity contribution is 0.292. The molecule has 2 heteroatoms. The van der Waals surface area contributed by atoms with E-state index in [9.17, 15) is 0 Å². The molecule has 2 atom stereocenters. The lowest BCUT2D eigenvalue weighted by Gasteiger charge is -2.33. The van der Waals surface area contributed by atoms with Gasteiger partial charge >= 0.3 is 0 Å². The van der Waals surface area contributed by atoms with Crippen molar-refractivity contribution < 1.29 is 0 Å². The maximum atomic E-state index is 2.59. The molecule has 3 rings (SSSR count). The third kappa shape index (κ3) is 1.85. The van der Waals surface area contributed by atoms with Gasteiger partial charge in [0.15, 0.2) is 0 Å². The number of rotatable bonds is 2. The predicted octanol–water partition coefficient (Wildman–Crippen LogP) is 2.70. The van der Waals surface area contributed by atoms with Crippen LogP contribution in [0.2, 0.25) is 0 Å². The zero-order valence-corrected chi connectivity index (χ0v) is 11.1. The van der Waals surface area contributed by atoms with Gasteiger partial charge in [-0.1, -0.05) is 26.0 Å². The Labute approximate surface area is 104 Å². The van der Waals surface area contributed by atoms with Crippen LogP contribution in [0.25, 0.3) is 0 Å². The molecule has 0 radical (unpaired) electrons. The van der Waals surface area contributed by atoms with Crippen molar-refractivity contribution in [2.45, 2.75) is 38.3 Å². The first-order valence-electron chi connectivity index (χ1n) is 6.72. The average molecular weight is 230 g/mol. The molecule has 1 aromatic rings. The fraction of sp³-hybridized carbons (Fsp3) is 0.600. The Bertz CT molecular complexity index is 394. The quantitative estimate of drug-likeness (QED) is 0.771. The van der Waals surface area contributed by atoms with Crippen LogP contribution in [0, 0.1) is 0 Å². The van der Waals surface area contributed by atoms with Crippen molar-refractivity contribution in [3.8, 4) is 0 Å². The van der Waals surface area contributed by atoms with Crippen molar-refractivity contribution in [3.05, 3.63) is 29.8 Å². The molecule has 0 amide bonds. The molecular weight excluding hydrogens is 208 g/mol. The Morgan fingerprint density at radius 3 is 2.24 bits per heavy atom. The van der Waals surface area contributed by atoms with E-state index in [1.54, 1.807) is 0 Å². The van der Waals surface area contributed by atoms with E-state index in [0.29, 0.717) is 5.92 Å². The number of hydrogen-bond acceptors (Lipinski definition) is 2. The second-order valence-electron chi connectivity index (χ2n) is 5.88. The van der Waals surface area contributed by atoms with Gasteiger partial charge in [0.2, 0.25) is 0 Å².